The first kappa shape index (κ1) is 11.5. The largest absolute Gasteiger partial charge is 0.383 e. The summed E-state index contributed by atoms with van der Waals surface area (Å²) in [4.78, 5) is 8.48. The second-order valence-electron chi connectivity index (χ2n) is 3.70. The third-order valence-electron chi connectivity index (χ3n) is 2.48. The molecule has 1 aromatic rings. The highest BCUT2D eigenvalue weighted by atomic mass is 32.2. The van der Waals surface area contributed by atoms with Gasteiger partial charge in [-0.25, -0.2) is 9.97 Å². The van der Waals surface area contributed by atoms with Crippen molar-refractivity contribution in [2.24, 2.45) is 0 Å². The van der Waals surface area contributed by atoms with Gasteiger partial charge in [0.2, 0.25) is 0 Å². The number of nitrogens with two attached hydrogens (primary N) is 1. The highest BCUT2D eigenvalue weighted by Crippen LogP contribution is 2.18. The van der Waals surface area contributed by atoms with Crippen molar-refractivity contribution < 1.29 is 4.74 Å². The molecule has 6 heteroatoms. The normalized spacial score (nSPS) is 17.3. The molecule has 2 rings (SSSR count). The molecule has 0 bridgehead atoms. The van der Waals surface area contributed by atoms with Gasteiger partial charge in [0.15, 0.2) is 5.16 Å². The first-order chi connectivity index (χ1) is 7.78. The number of anilines is 2. The van der Waals surface area contributed by atoms with Gasteiger partial charge >= 0.3 is 0 Å². The number of hydrogen-bond donors (Lipinski definition) is 2. The SMILES string of the molecule is CSc1nc(N)cc(NC2CCOCC2)n1. The van der Waals surface area contributed by atoms with Gasteiger partial charge in [-0.05, 0) is 19.1 Å². The summed E-state index contributed by atoms with van der Waals surface area (Å²) in [6, 6.07) is 2.20. The summed E-state index contributed by atoms with van der Waals surface area (Å²) < 4.78 is 5.30. The Kier molecular flexibility index (Phi) is 3.84. The van der Waals surface area contributed by atoms with Crippen molar-refractivity contribution in [3.05, 3.63) is 6.07 Å². The lowest BCUT2D eigenvalue weighted by Crippen LogP contribution is -2.28. The standard InChI is InChI=1S/C10H16N4OS/c1-16-10-13-8(11)6-9(14-10)12-7-2-4-15-5-3-7/h6-7H,2-5H2,1H3,(H3,11,12,13,14). The number of ether oxygens (including phenoxy) is 1. The van der Waals surface area contributed by atoms with Crippen LogP contribution in [0.2, 0.25) is 0 Å². The van der Waals surface area contributed by atoms with Crippen LogP contribution in [-0.4, -0.2) is 35.5 Å². The molecule has 2 heterocycles. The van der Waals surface area contributed by atoms with Crippen LogP contribution in [0.5, 0.6) is 0 Å². The van der Waals surface area contributed by atoms with E-state index < -0.39 is 0 Å². The Morgan fingerprint density at radius 3 is 2.88 bits per heavy atom. The molecular weight excluding hydrogens is 224 g/mol. The van der Waals surface area contributed by atoms with Crippen LogP contribution in [0, 0.1) is 0 Å². The average molecular weight is 240 g/mol. The van der Waals surface area contributed by atoms with E-state index in [9.17, 15) is 0 Å². The lowest BCUT2D eigenvalue weighted by Gasteiger charge is -2.23. The molecule has 1 aromatic heterocycles. The summed E-state index contributed by atoms with van der Waals surface area (Å²) in [6.07, 6.45) is 3.96. The van der Waals surface area contributed by atoms with Crippen LogP contribution in [0.1, 0.15) is 12.8 Å². The van der Waals surface area contributed by atoms with Crippen molar-refractivity contribution in [2.75, 3.05) is 30.5 Å². The van der Waals surface area contributed by atoms with Gasteiger partial charge in [-0.3, -0.25) is 0 Å². The Hall–Kier alpha value is -1.01. The smallest absolute Gasteiger partial charge is 0.191 e. The Bertz CT molecular complexity index is 355. The summed E-state index contributed by atoms with van der Waals surface area (Å²) >= 11 is 1.49. The second kappa shape index (κ2) is 5.36. The predicted octanol–water partition coefficient (Wildman–Crippen LogP) is 1.37. The van der Waals surface area contributed by atoms with Crippen molar-refractivity contribution in [3.63, 3.8) is 0 Å². The maximum absolute atomic E-state index is 5.71. The van der Waals surface area contributed by atoms with E-state index in [1.54, 1.807) is 6.07 Å². The molecule has 1 fully saturated rings. The number of rotatable bonds is 3. The lowest BCUT2D eigenvalue weighted by molar-refractivity contribution is 0.0904. The number of nitrogens with one attached hydrogen (secondary N) is 1. The van der Waals surface area contributed by atoms with Crippen molar-refractivity contribution >= 4 is 23.4 Å². The minimum Gasteiger partial charge on any atom is -0.383 e. The molecule has 88 valence electrons. The van der Waals surface area contributed by atoms with E-state index in [2.05, 4.69) is 15.3 Å². The van der Waals surface area contributed by atoms with E-state index in [4.69, 9.17) is 10.5 Å². The Balaban J connectivity index is 2.04. The molecule has 0 saturated carbocycles. The van der Waals surface area contributed by atoms with Crippen LogP contribution in [-0.2, 0) is 4.74 Å². The molecule has 1 aliphatic rings. The molecule has 0 spiro atoms. The fraction of sp³-hybridized carbons (Fsp3) is 0.600. The Morgan fingerprint density at radius 1 is 1.44 bits per heavy atom. The number of nitrogens with zero attached hydrogens (tertiary/aromatic N) is 2. The van der Waals surface area contributed by atoms with Gasteiger partial charge in [0.05, 0.1) is 0 Å². The van der Waals surface area contributed by atoms with Crippen LogP contribution in [0.25, 0.3) is 0 Å². The van der Waals surface area contributed by atoms with E-state index in [0.717, 1.165) is 31.9 Å². The first-order valence-corrected chi connectivity index (χ1v) is 6.53. The van der Waals surface area contributed by atoms with Crippen LogP contribution >= 0.6 is 11.8 Å². The molecule has 0 unspecified atom stereocenters. The van der Waals surface area contributed by atoms with Crippen molar-refractivity contribution in [3.8, 4) is 0 Å². The van der Waals surface area contributed by atoms with Crippen LogP contribution < -0.4 is 11.1 Å². The van der Waals surface area contributed by atoms with Gasteiger partial charge in [-0.1, -0.05) is 11.8 Å². The monoisotopic (exact) mass is 240 g/mol. The summed E-state index contributed by atoms with van der Waals surface area (Å²) in [5.41, 5.74) is 5.71. The van der Waals surface area contributed by atoms with Crippen LogP contribution in [0.15, 0.2) is 11.2 Å². The highest BCUT2D eigenvalue weighted by molar-refractivity contribution is 7.98. The van der Waals surface area contributed by atoms with E-state index in [1.165, 1.54) is 11.8 Å². The maximum Gasteiger partial charge on any atom is 0.191 e. The molecule has 1 saturated heterocycles. The van der Waals surface area contributed by atoms with Gasteiger partial charge in [-0.2, -0.15) is 0 Å². The topological polar surface area (TPSA) is 73.1 Å². The second-order valence-corrected chi connectivity index (χ2v) is 4.47. The molecule has 16 heavy (non-hydrogen) atoms. The number of nitrogen functional groups attached to an aromatic ring is 1. The molecule has 0 aromatic carbocycles. The zero-order valence-corrected chi connectivity index (χ0v) is 10.1. The van der Waals surface area contributed by atoms with Gasteiger partial charge in [-0.15, -0.1) is 0 Å². The summed E-state index contributed by atoms with van der Waals surface area (Å²) in [6.45, 7) is 1.63. The third kappa shape index (κ3) is 2.99. The quantitative estimate of drug-likeness (QED) is 0.614. The summed E-state index contributed by atoms with van der Waals surface area (Å²) in [5.74, 6) is 1.32. The van der Waals surface area contributed by atoms with Gasteiger partial charge in [0, 0.05) is 25.3 Å². The van der Waals surface area contributed by atoms with Gasteiger partial charge in [0.25, 0.3) is 0 Å². The number of thioether (sulfide) groups is 1. The fourth-order valence-electron chi connectivity index (χ4n) is 1.66. The van der Waals surface area contributed by atoms with Crippen molar-refractivity contribution in [1.29, 1.82) is 0 Å². The van der Waals surface area contributed by atoms with Gasteiger partial charge < -0.3 is 15.8 Å². The molecule has 5 nitrogen and oxygen atoms in total. The molecule has 3 N–H and O–H groups in total. The Labute approximate surface area is 99.2 Å². The summed E-state index contributed by atoms with van der Waals surface area (Å²) in [5, 5.41) is 4.08. The average Bonchev–Trinajstić information content (AvgIpc) is 2.29. The van der Waals surface area contributed by atoms with Crippen molar-refractivity contribution in [2.45, 2.75) is 24.0 Å². The molecule has 0 atom stereocenters. The zero-order chi connectivity index (χ0) is 11.4. The highest BCUT2D eigenvalue weighted by Gasteiger charge is 2.14. The molecule has 0 aliphatic carbocycles. The fourth-order valence-corrected chi connectivity index (χ4v) is 2.05. The zero-order valence-electron chi connectivity index (χ0n) is 9.27. The van der Waals surface area contributed by atoms with Crippen LogP contribution in [0.3, 0.4) is 0 Å². The molecule has 0 amide bonds. The number of aromatic nitrogens is 2. The minimum atomic E-state index is 0.428. The van der Waals surface area contributed by atoms with Crippen LogP contribution in [0.4, 0.5) is 11.6 Å². The predicted molar refractivity (Wildman–Crippen MR) is 65.7 cm³/mol. The van der Waals surface area contributed by atoms with E-state index in [1.807, 2.05) is 6.26 Å². The number of hydrogen-bond acceptors (Lipinski definition) is 6. The van der Waals surface area contributed by atoms with E-state index >= 15 is 0 Å². The molecule has 0 radical (unpaired) electrons. The summed E-state index contributed by atoms with van der Waals surface area (Å²) in [7, 11) is 0. The van der Waals surface area contributed by atoms with Gasteiger partial charge in [0.1, 0.15) is 11.6 Å². The van der Waals surface area contributed by atoms with Crippen molar-refractivity contribution in [1.82, 2.24) is 9.97 Å². The van der Waals surface area contributed by atoms with E-state index in [-0.39, 0.29) is 0 Å². The lowest BCUT2D eigenvalue weighted by atomic mass is 10.1. The third-order valence-corrected chi connectivity index (χ3v) is 3.03. The Morgan fingerprint density at radius 2 is 2.19 bits per heavy atom. The molecule has 1 aliphatic heterocycles. The maximum atomic E-state index is 5.71. The van der Waals surface area contributed by atoms with E-state index in [0.29, 0.717) is 17.0 Å². The minimum absolute atomic E-state index is 0.428. The molecular formula is C10H16N4OS. The first-order valence-electron chi connectivity index (χ1n) is 5.31.